The molecule has 4 nitrogen and oxygen atoms in total. The maximum Gasteiger partial charge on any atom is 0.231 e. The highest BCUT2D eigenvalue weighted by Gasteiger charge is 2.42. The van der Waals surface area contributed by atoms with E-state index in [1.807, 2.05) is 4.90 Å². The SMILES string of the molecule is NCC1(C(=O)Nc2ccc(N3CCCC3)c(F)c2)CCC1. The van der Waals surface area contributed by atoms with E-state index in [1.165, 1.54) is 6.07 Å². The van der Waals surface area contributed by atoms with Gasteiger partial charge in [-0.2, -0.15) is 0 Å². The molecule has 1 aromatic rings. The van der Waals surface area contributed by atoms with E-state index in [2.05, 4.69) is 5.32 Å². The van der Waals surface area contributed by atoms with Crippen molar-refractivity contribution in [3.05, 3.63) is 24.0 Å². The fourth-order valence-corrected chi connectivity index (χ4v) is 3.19. The van der Waals surface area contributed by atoms with Gasteiger partial charge >= 0.3 is 0 Å². The van der Waals surface area contributed by atoms with Gasteiger partial charge in [-0.3, -0.25) is 4.79 Å². The molecule has 3 N–H and O–H groups in total. The van der Waals surface area contributed by atoms with E-state index in [-0.39, 0.29) is 11.7 Å². The number of hydrogen-bond acceptors (Lipinski definition) is 3. The summed E-state index contributed by atoms with van der Waals surface area (Å²) in [6, 6.07) is 4.94. The third-order valence-electron chi connectivity index (χ3n) is 4.84. The number of benzene rings is 1. The van der Waals surface area contributed by atoms with Gasteiger partial charge in [-0.1, -0.05) is 6.42 Å². The number of nitrogens with zero attached hydrogens (tertiary/aromatic N) is 1. The van der Waals surface area contributed by atoms with Gasteiger partial charge in [-0.25, -0.2) is 4.39 Å². The number of hydrogen-bond donors (Lipinski definition) is 2. The van der Waals surface area contributed by atoms with Crippen molar-refractivity contribution >= 4 is 17.3 Å². The lowest BCUT2D eigenvalue weighted by molar-refractivity contribution is -0.129. The third-order valence-corrected chi connectivity index (χ3v) is 4.84. The highest BCUT2D eigenvalue weighted by Crippen LogP contribution is 2.41. The number of carbonyl (C=O) groups excluding carboxylic acids is 1. The monoisotopic (exact) mass is 291 g/mol. The minimum atomic E-state index is -0.440. The molecule has 1 heterocycles. The Bertz CT molecular complexity index is 531. The smallest absolute Gasteiger partial charge is 0.231 e. The molecule has 114 valence electrons. The second-order valence-electron chi connectivity index (χ2n) is 6.15. The molecule has 0 unspecified atom stereocenters. The van der Waals surface area contributed by atoms with Crippen LogP contribution < -0.4 is 16.0 Å². The summed E-state index contributed by atoms with van der Waals surface area (Å²) in [5.74, 6) is -0.352. The van der Waals surface area contributed by atoms with Crippen LogP contribution in [0.2, 0.25) is 0 Å². The van der Waals surface area contributed by atoms with Crippen molar-refractivity contribution in [2.75, 3.05) is 29.9 Å². The van der Waals surface area contributed by atoms with Gasteiger partial charge in [-0.15, -0.1) is 0 Å². The average Bonchev–Trinajstić information content (AvgIpc) is 2.92. The second-order valence-corrected chi connectivity index (χ2v) is 6.15. The van der Waals surface area contributed by atoms with Gasteiger partial charge in [0.05, 0.1) is 11.1 Å². The number of halogens is 1. The van der Waals surface area contributed by atoms with E-state index >= 15 is 0 Å². The Balaban J connectivity index is 1.71. The van der Waals surface area contributed by atoms with Crippen molar-refractivity contribution in [3.8, 4) is 0 Å². The van der Waals surface area contributed by atoms with Gasteiger partial charge in [-0.05, 0) is 43.9 Å². The van der Waals surface area contributed by atoms with Crippen LogP contribution in [0.1, 0.15) is 32.1 Å². The standard InChI is InChI=1S/C16H22FN3O/c17-13-10-12(4-5-14(13)20-8-1-2-9-20)19-15(21)16(11-18)6-3-7-16/h4-5,10H,1-3,6-9,11,18H2,(H,19,21). The summed E-state index contributed by atoms with van der Waals surface area (Å²) in [5, 5.41) is 2.82. The van der Waals surface area contributed by atoms with Gasteiger partial charge < -0.3 is 16.0 Å². The molecule has 5 heteroatoms. The summed E-state index contributed by atoms with van der Waals surface area (Å²) in [6.45, 7) is 2.16. The van der Waals surface area contributed by atoms with Gasteiger partial charge in [0.1, 0.15) is 5.82 Å². The summed E-state index contributed by atoms with van der Waals surface area (Å²) in [7, 11) is 0. The quantitative estimate of drug-likeness (QED) is 0.896. The first-order chi connectivity index (χ1) is 10.1. The summed E-state index contributed by atoms with van der Waals surface area (Å²) < 4.78 is 14.2. The van der Waals surface area contributed by atoms with Crippen LogP contribution in [0.15, 0.2) is 18.2 Å². The number of nitrogens with one attached hydrogen (secondary N) is 1. The predicted octanol–water partition coefficient (Wildman–Crippen LogP) is 2.49. The van der Waals surface area contributed by atoms with Crippen LogP contribution in [0.5, 0.6) is 0 Å². The lowest BCUT2D eigenvalue weighted by Gasteiger charge is -2.39. The first-order valence-electron chi connectivity index (χ1n) is 7.71. The van der Waals surface area contributed by atoms with Gasteiger partial charge in [0.15, 0.2) is 0 Å². The number of anilines is 2. The van der Waals surface area contributed by atoms with E-state index in [1.54, 1.807) is 12.1 Å². The van der Waals surface area contributed by atoms with E-state index in [0.29, 0.717) is 17.9 Å². The highest BCUT2D eigenvalue weighted by molar-refractivity contribution is 5.96. The highest BCUT2D eigenvalue weighted by atomic mass is 19.1. The van der Waals surface area contributed by atoms with E-state index < -0.39 is 5.41 Å². The molecule has 21 heavy (non-hydrogen) atoms. The van der Waals surface area contributed by atoms with Crippen LogP contribution in [-0.4, -0.2) is 25.5 Å². The summed E-state index contributed by atoms with van der Waals surface area (Å²) >= 11 is 0. The summed E-state index contributed by atoms with van der Waals surface area (Å²) in [4.78, 5) is 14.3. The van der Waals surface area contributed by atoms with Crippen LogP contribution in [0, 0.1) is 11.2 Å². The van der Waals surface area contributed by atoms with Crippen molar-refractivity contribution in [1.82, 2.24) is 0 Å². The van der Waals surface area contributed by atoms with Crippen molar-refractivity contribution in [2.45, 2.75) is 32.1 Å². The zero-order chi connectivity index (χ0) is 14.9. The first kappa shape index (κ1) is 14.3. The number of amides is 1. The normalized spacial score (nSPS) is 20.2. The molecular formula is C16H22FN3O. The van der Waals surface area contributed by atoms with Crippen LogP contribution in [0.4, 0.5) is 15.8 Å². The van der Waals surface area contributed by atoms with Crippen molar-refractivity contribution in [1.29, 1.82) is 0 Å². The minimum absolute atomic E-state index is 0.0791. The molecule has 0 spiro atoms. The lowest BCUT2D eigenvalue weighted by atomic mass is 9.68. The lowest BCUT2D eigenvalue weighted by Crippen LogP contribution is -2.47. The van der Waals surface area contributed by atoms with Crippen molar-refractivity contribution in [2.24, 2.45) is 11.1 Å². The van der Waals surface area contributed by atoms with Crippen LogP contribution in [0.3, 0.4) is 0 Å². The van der Waals surface area contributed by atoms with Gasteiger partial charge in [0, 0.05) is 25.3 Å². The Morgan fingerprint density at radius 1 is 1.29 bits per heavy atom. The Morgan fingerprint density at radius 3 is 2.52 bits per heavy atom. The molecule has 0 radical (unpaired) electrons. The zero-order valence-corrected chi connectivity index (χ0v) is 12.2. The molecular weight excluding hydrogens is 269 g/mol. The van der Waals surface area contributed by atoms with Crippen LogP contribution in [0.25, 0.3) is 0 Å². The minimum Gasteiger partial charge on any atom is -0.369 e. The Morgan fingerprint density at radius 2 is 2.00 bits per heavy atom. The molecule has 2 aliphatic rings. The molecule has 0 bridgehead atoms. The zero-order valence-electron chi connectivity index (χ0n) is 12.2. The molecule has 1 aliphatic heterocycles. The third kappa shape index (κ3) is 2.62. The van der Waals surface area contributed by atoms with Gasteiger partial charge in [0.25, 0.3) is 0 Å². The predicted molar refractivity (Wildman–Crippen MR) is 81.8 cm³/mol. The first-order valence-corrected chi connectivity index (χ1v) is 7.71. The molecule has 1 amide bonds. The number of nitrogens with two attached hydrogens (primary N) is 1. The van der Waals surface area contributed by atoms with Gasteiger partial charge in [0.2, 0.25) is 5.91 Å². The van der Waals surface area contributed by atoms with Crippen LogP contribution >= 0.6 is 0 Å². The summed E-state index contributed by atoms with van der Waals surface area (Å²) in [6.07, 6.45) is 4.90. The molecule has 1 saturated carbocycles. The molecule has 2 fully saturated rings. The van der Waals surface area contributed by atoms with E-state index in [9.17, 15) is 9.18 Å². The molecule has 1 aromatic carbocycles. The maximum atomic E-state index is 14.2. The van der Waals surface area contributed by atoms with E-state index in [0.717, 1.165) is 45.2 Å². The topological polar surface area (TPSA) is 58.4 Å². The maximum absolute atomic E-state index is 14.2. The fourth-order valence-electron chi connectivity index (χ4n) is 3.19. The van der Waals surface area contributed by atoms with Crippen LogP contribution in [-0.2, 0) is 4.79 Å². The Kier molecular flexibility index (Phi) is 3.85. The molecule has 0 atom stereocenters. The van der Waals surface area contributed by atoms with Crippen molar-refractivity contribution in [3.63, 3.8) is 0 Å². The Labute approximate surface area is 124 Å². The number of rotatable bonds is 4. The summed E-state index contributed by atoms with van der Waals surface area (Å²) in [5.41, 5.74) is 6.42. The molecule has 0 aromatic heterocycles. The fraction of sp³-hybridized carbons (Fsp3) is 0.562. The molecule has 1 saturated heterocycles. The molecule has 1 aliphatic carbocycles. The average molecular weight is 291 g/mol. The molecule has 3 rings (SSSR count). The number of carbonyl (C=O) groups is 1. The Hall–Kier alpha value is -1.62. The second kappa shape index (κ2) is 5.64. The largest absolute Gasteiger partial charge is 0.369 e. The van der Waals surface area contributed by atoms with E-state index in [4.69, 9.17) is 5.73 Å². The van der Waals surface area contributed by atoms with Crippen molar-refractivity contribution < 1.29 is 9.18 Å².